The highest BCUT2D eigenvalue weighted by molar-refractivity contribution is 5.78. The van der Waals surface area contributed by atoms with E-state index in [1.54, 1.807) is 0 Å². The van der Waals surface area contributed by atoms with E-state index in [1.807, 2.05) is 25.5 Å². The average molecular weight is 424 g/mol. The van der Waals surface area contributed by atoms with Gasteiger partial charge in [0.25, 0.3) is 0 Å². The average Bonchev–Trinajstić information content (AvgIpc) is 3.05. The molecule has 4 rings (SSSR count). The zero-order valence-corrected chi connectivity index (χ0v) is 19.8. The second-order valence-electron chi connectivity index (χ2n) is 10.4. The van der Waals surface area contributed by atoms with Crippen LogP contribution in [-0.4, -0.2) is 27.3 Å². The van der Waals surface area contributed by atoms with E-state index in [1.165, 1.54) is 6.42 Å². The monoisotopic (exact) mass is 423 g/mol. The van der Waals surface area contributed by atoms with E-state index in [0.29, 0.717) is 11.8 Å². The largest absolute Gasteiger partial charge is 0.370 e. The number of benzene rings is 1. The summed E-state index contributed by atoms with van der Waals surface area (Å²) >= 11 is 0. The number of nitrogens with one attached hydrogen (secondary N) is 1. The molecule has 1 aromatic heterocycles. The Kier molecular flexibility index (Phi) is 5.99. The molecule has 1 amide bonds. The van der Waals surface area contributed by atoms with E-state index < -0.39 is 0 Å². The van der Waals surface area contributed by atoms with Crippen molar-refractivity contribution in [3.8, 4) is 5.69 Å². The first-order chi connectivity index (χ1) is 14.7. The molecule has 1 aromatic carbocycles. The number of carbonyl (C=O) groups excluding carboxylic acids is 1. The maximum absolute atomic E-state index is 12.7. The van der Waals surface area contributed by atoms with Gasteiger partial charge in [-0.25, -0.2) is 4.68 Å². The number of aromatic nitrogens is 2. The molecule has 0 spiro atoms. The lowest BCUT2D eigenvalue weighted by atomic mass is 9.66. The summed E-state index contributed by atoms with van der Waals surface area (Å²) in [5, 5.41) is 8.08. The van der Waals surface area contributed by atoms with Crippen LogP contribution in [0.3, 0.4) is 0 Å². The van der Waals surface area contributed by atoms with E-state index in [2.05, 4.69) is 61.5 Å². The molecular formula is C26H37N3O2. The number of ether oxygens (including phenoxy) is 1. The predicted octanol–water partition coefficient (Wildman–Crippen LogP) is 5.29. The lowest BCUT2D eigenvalue weighted by molar-refractivity contribution is -0.155. The number of nitrogens with zero attached hydrogens (tertiary/aromatic N) is 2. The number of amides is 1. The Morgan fingerprint density at radius 3 is 2.71 bits per heavy atom. The summed E-state index contributed by atoms with van der Waals surface area (Å²) in [7, 11) is 0. The van der Waals surface area contributed by atoms with Crippen LogP contribution in [0.1, 0.15) is 76.4 Å². The first kappa shape index (κ1) is 22.1. The summed E-state index contributed by atoms with van der Waals surface area (Å²) in [6.07, 6.45) is 4.31. The smallest absolute Gasteiger partial charge is 0.222 e. The van der Waals surface area contributed by atoms with Crippen molar-refractivity contribution in [2.45, 2.75) is 85.0 Å². The Bertz CT molecular complexity index is 950. The van der Waals surface area contributed by atoms with Gasteiger partial charge in [0.1, 0.15) is 0 Å². The number of aryl methyl sites for hydroxylation is 2. The Balaban J connectivity index is 1.66. The molecule has 1 aliphatic carbocycles. The van der Waals surface area contributed by atoms with Crippen molar-refractivity contribution in [3.05, 3.63) is 47.3 Å². The van der Waals surface area contributed by atoms with Crippen molar-refractivity contribution in [3.63, 3.8) is 0 Å². The molecule has 2 aliphatic rings. The first-order valence-corrected chi connectivity index (χ1v) is 11.8. The van der Waals surface area contributed by atoms with Crippen LogP contribution in [0.2, 0.25) is 0 Å². The van der Waals surface area contributed by atoms with Gasteiger partial charge in [-0.3, -0.25) is 4.79 Å². The third kappa shape index (κ3) is 4.43. The minimum Gasteiger partial charge on any atom is -0.370 e. The van der Waals surface area contributed by atoms with Gasteiger partial charge in [-0.15, -0.1) is 0 Å². The minimum absolute atomic E-state index is 0.0200. The van der Waals surface area contributed by atoms with Gasteiger partial charge in [0.2, 0.25) is 5.91 Å². The van der Waals surface area contributed by atoms with Crippen LogP contribution in [0.15, 0.2) is 30.3 Å². The highest BCUT2D eigenvalue weighted by atomic mass is 16.5. The van der Waals surface area contributed by atoms with Crippen molar-refractivity contribution < 1.29 is 9.53 Å². The molecule has 0 bridgehead atoms. The maximum Gasteiger partial charge on any atom is 0.222 e. The molecule has 0 radical (unpaired) electrons. The third-order valence-electron chi connectivity index (χ3n) is 7.25. The van der Waals surface area contributed by atoms with Crippen molar-refractivity contribution >= 4 is 5.91 Å². The van der Waals surface area contributed by atoms with Gasteiger partial charge < -0.3 is 10.1 Å². The van der Waals surface area contributed by atoms with E-state index in [-0.39, 0.29) is 29.6 Å². The molecule has 0 unspecified atom stereocenters. The quantitative estimate of drug-likeness (QED) is 0.727. The lowest BCUT2D eigenvalue weighted by Gasteiger charge is -2.52. The number of rotatable bonds is 4. The molecule has 1 N–H and O–H groups in total. The Labute approximate surface area is 186 Å². The Morgan fingerprint density at radius 1 is 1.26 bits per heavy atom. The third-order valence-corrected chi connectivity index (χ3v) is 7.25. The van der Waals surface area contributed by atoms with Gasteiger partial charge in [0.05, 0.1) is 23.6 Å². The fourth-order valence-corrected chi connectivity index (χ4v) is 5.52. The molecule has 168 valence electrons. The van der Waals surface area contributed by atoms with Crippen LogP contribution >= 0.6 is 0 Å². The van der Waals surface area contributed by atoms with Crippen LogP contribution in [0.5, 0.6) is 0 Å². The van der Waals surface area contributed by atoms with Crippen LogP contribution in [0.4, 0.5) is 0 Å². The Hall–Kier alpha value is -2.14. The fourth-order valence-electron chi connectivity index (χ4n) is 5.52. The molecule has 1 aliphatic heterocycles. The van der Waals surface area contributed by atoms with Crippen molar-refractivity contribution in [2.75, 3.05) is 0 Å². The van der Waals surface area contributed by atoms with Gasteiger partial charge in [-0.2, -0.15) is 5.10 Å². The zero-order chi connectivity index (χ0) is 22.3. The first-order valence-electron chi connectivity index (χ1n) is 11.8. The van der Waals surface area contributed by atoms with Gasteiger partial charge in [0.15, 0.2) is 0 Å². The topological polar surface area (TPSA) is 56.2 Å². The van der Waals surface area contributed by atoms with Gasteiger partial charge in [0, 0.05) is 29.5 Å². The van der Waals surface area contributed by atoms with Crippen LogP contribution < -0.4 is 5.32 Å². The van der Waals surface area contributed by atoms with Crippen LogP contribution in [0.25, 0.3) is 5.69 Å². The highest BCUT2D eigenvalue weighted by Crippen LogP contribution is 2.48. The lowest BCUT2D eigenvalue weighted by Crippen LogP contribution is -2.61. The van der Waals surface area contributed by atoms with Crippen molar-refractivity contribution in [1.82, 2.24) is 15.1 Å². The molecule has 1 saturated carbocycles. The van der Waals surface area contributed by atoms with Gasteiger partial charge in [-0.1, -0.05) is 39.3 Å². The van der Waals surface area contributed by atoms with Crippen molar-refractivity contribution in [2.24, 2.45) is 17.8 Å². The van der Waals surface area contributed by atoms with Gasteiger partial charge in [-0.05, 0) is 63.3 Å². The van der Waals surface area contributed by atoms with Gasteiger partial charge >= 0.3 is 0 Å². The van der Waals surface area contributed by atoms with E-state index in [0.717, 1.165) is 41.9 Å². The Morgan fingerprint density at radius 2 is 2.03 bits per heavy atom. The molecule has 5 nitrogen and oxygen atoms in total. The normalized spacial score (nSPS) is 30.8. The maximum atomic E-state index is 12.7. The summed E-state index contributed by atoms with van der Waals surface area (Å²) in [6, 6.07) is 10.6. The SMILES string of the molecule is Cc1cc(C)n(-c2cccc([C@H]3C[C@@](C)(NC(=O)C(C)C)[C@@H]4CC[C@@H](C)C[C@H]4O3)c2)n1. The second kappa shape index (κ2) is 8.42. The molecule has 2 aromatic rings. The molecule has 5 heteroatoms. The molecule has 5 atom stereocenters. The molecule has 31 heavy (non-hydrogen) atoms. The van der Waals surface area contributed by atoms with E-state index in [4.69, 9.17) is 4.74 Å². The molecule has 2 fully saturated rings. The summed E-state index contributed by atoms with van der Waals surface area (Å²) in [4.78, 5) is 12.7. The van der Waals surface area contributed by atoms with E-state index in [9.17, 15) is 4.79 Å². The zero-order valence-electron chi connectivity index (χ0n) is 19.8. The van der Waals surface area contributed by atoms with Crippen molar-refractivity contribution in [1.29, 1.82) is 0 Å². The second-order valence-corrected chi connectivity index (χ2v) is 10.4. The summed E-state index contributed by atoms with van der Waals surface area (Å²) in [5.74, 6) is 1.14. The van der Waals surface area contributed by atoms with Crippen LogP contribution in [0, 0.1) is 31.6 Å². The van der Waals surface area contributed by atoms with Crippen LogP contribution in [-0.2, 0) is 9.53 Å². The standard InChI is InChI=1S/C26H37N3O2/c1-16(2)25(30)27-26(6)15-24(31-23-12-17(3)10-11-22(23)26)20-8-7-9-21(14-20)29-19(5)13-18(4)28-29/h7-9,13-14,16-17,22-24H,10-12,15H2,1-6H3,(H,27,30)/t17-,22-,23-,24-,26-/m1/s1. The summed E-state index contributed by atoms with van der Waals surface area (Å²) in [6.45, 7) is 12.6. The minimum atomic E-state index is -0.261. The molecule has 2 heterocycles. The molecular weight excluding hydrogens is 386 g/mol. The number of carbonyl (C=O) groups is 1. The molecule has 1 saturated heterocycles. The van der Waals surface area contributed by atoms with E-state index >= 15 is 0 Å². The number of fused-ring (bicyclic) bond motifs is 1. The number of hydrogen-bond donors (Lipinski definition) is 1. The highest BCUT2D eigenvalue weighted by Gasteiger charge is 2.49. The predicted molar refractivity (Wildman–Crippen MR) is 123 cm³/mol. The number of hydrogen-bond acceptors (Lipinski definition) is 3. The fraction of sp³-hybridized carbons (Fsp3) is 0.615. The summed E-state index contributed by atoms with van der Waals surface area (Å²) in [5.41, 5.74) is 4.09. The summed E-state index contributed by atoms with van der Waals surface area (Å²) < 4.78 is 8.72.